The number of fused-ring (bicyclic) bond motifs is 1. The number of aromatic nitrogens is 5. The molecule has 0 saturated carbocycles. The molecule has 5 rings (SSSR count). The average Bonchev–Trinajstić information content (AvgIpc) is 3.42. The summed E-state index contributed by atoms with van der Waals surface area (Å²) in [7, 11) is 0. The lowest BCUT2D eigenvalue weighted by Gasteiger charge is -2.19. The average molecular weight is 451 g/mol. The summed E-state index contributed by atoms with van der Waals surface area (Å²) < 4.78 is 3.91. The number of imidazole rings is 1. The Morgan fingerprint density at radius 1 is 1.00 bits per heavy atom. The molecule has 170 valence electrons. The molecule has 0 aliphatic carbocycles. The maximum Gasteiger partial charge on any atom is 0.274 e. The first-order chi connectivity index (χ1) is 16.3. The summed E-state index contributed by atoms with van der Waals surface area (Å²) in [6.07, 6.45) is 9.12. The highest BCUT2D eigenvalue weighted by molar-refractivity contribution is 6.03. The number of anilines is 1. The van der Waals surface area contributed by atoms with Gasteiger partial charge in [-0.3, -0.25) is 19.3 Å². The molecule has 1 amide bonds. The van der Waals surface area contributed by atoms with Gasteiger partial charge in [-0.15, -0.1) is 0 Å². The van der Waals surface area contributed by atoms with Crippen molar-refractivity contribution in [2.45, 2.75) is 33.1 Å². The molecule has 0 atom stereocenters. The molecule has 0 aliphatic heterocycles. The number of hydrogen-bond acceptors (Lipinski definition) is 4. The zero-order chi connectivity index (χ0) is 23.9. The molecule has 34 heavy (non-hydrogen) atoms. The second-order valence-corrected chi connectivity index (χ2v) is 9.38. The Hall–Kier alpha value is -4.26. The van der Waals surface area contributed by atoms with Crippen LogP contribution in [0.4, 0.5) is 5.69 Å². The maximum absolute atomic E-state index is 12.9. The largest absolute Gasteiger partial charge is 0.321 e. The quantitative estimate of drug-likeness (QED) is 0.395. The van der Waals surface area contributed by atoms with E-state index in [4.69, 9.17) is 0 Å². The van der Waals surface area contributed by atoms with Crippen molar-refractivity contribution in [3.63, 3.8) is 0 Å². The Morgan fingerprint density at radius 2 is 1.85 bits per heavy atom. The van der Waals surface area contributed by atoms with E-state index in [2.05, 4.69) is 45.7 Å². The summed E-state index contributed by atoms with van der Waals surface area (Å²) in [6.45, 7) is 8.39. The van der Waals surface area contributed by atoms with Crippen LogP contribution in [0.2, 0.25) is 0 Å². The van der Waals surface area contributed by atoms with Gasteiger partial charge in [-0.05, 0) is 59.9 Å². The smallest absolute Gasteiger partial charge is 0.274 e. The van der Waals surface area contributed by atoms with E-state index < -0.39 is 0 Å². The molecule has 0 radical (unpaired) electrons. The summed E-state index contributed by atoms with van der Waals surface area (Å²) >= 11 is 0. The van der Waals surface area contributed by atoms with E-state index in [0.29, 0.717) is 11.4 Å². The van der Waals surface area contributed by atoms with Crippen LogP contribution < -0.4 is 5.32 Å². The third-order valence-electron chi connectivity index (χ3n) is 5.86. The van der Waals surface area contributed by atoms with Gasteiger partial charge in [-0.2, -0.15) is 5.10 Å². The minimum atomic E-state index is -0.234. The molecule has 0 unspecified atom stereocenters. The van der Waals surface area contributed by atoms with Gasteiger partial charge < -0.3 is 5.32 Å². The van der Waals surface area contributed by atoms with Crippen LogP contribution in [-0.4, -0.2) is 30.1 Å². The molecule has 4 aromatic heterocycles. The first kappa shape index (κ1) is 21.6. The van der Waals surface area contributed by atoms with E-state index in [1.165, 1.54) is 0 Å². The number of hydrogen-bond donors (Lipinski definition) is 1. The predicted molar refractivity (Wildman–Crippen MR) is 133 cm³/mol. The number of nitrogens with zero attached hydrogens (tertiary/aromatic N) is 5. The van der Waals surface area contributed by atoms with Gasteiger partial charge in [0.15, 0.2) is 0 Å². The van der Waals surface area contributed by atoms with Crippen molar-refractivity contribution >= 4 is 17.2 Å². The van der Waals surface area contributed by atoms with E-state index in [1.54, 1.807) is 18.6 Å². The first-order valence-corrected chi connectivity index (χ1v) is 11.2. The van der Waals surface area contributed by atoms with E-state index in [9.17, 15) is 4.79 Å². The number of benzene rings is 1. The molecule has 7 nitrogen and oxygen atoms in total. The Balaban J connectivity index is 1.46. The van der Waals surface area contributed by atoms with E-state index in [1.807, 2.05) is 72.4 Å². The zero-order valence-corrected chi connectivity index (χ0v) is 19.6. The predicted octanol–water partition coefficient (Wildman–Crippen LogP) is 5.44. The van der Waals surface area contributed by atoms with E-state index in [0.717, 1.165) is 33.7 Å². The lowest BCUT2D eigenvalue weighted by molar-refractivity contribution is 0.102. The van der Waals surface area contributed by atoms with Gasteiger partial charge in [-0.1, -0.05) is 26.8 Å². The highest BCUT2D eigenvalue weighted by atomic mass is 16.1. The molecule has 0 bridgehead atoms. The molecule has 4 heterocycles. The fourth-order valence-electron chi connectivity index (χ4n) is 3.90. The van der Waals surface area contributed by atoms with Crippen molar-refractivity contribution in [1.29, 1.82) is 0 Å². The van der Waals surface area contributed by atoms with Crippen LogP contribution >= 0.6 is 0 Å². The number of rotatable bonds is 4. The molecule has 0 aliphatic rings. The molecule has 7 heteroatoms. The van der Waals surface area contributed by atoms with E-state index >= 15 is 0 Å². The van der Waals surface area contributed by atoms with Gasteiger partial charge in [0, 0.05) is 48.3 Å². The van der Waals surface area contributed by atoms with Crippen LogP contribution in [0.3, 0.4) is 0 Å². The highest BCUT2D eigenvalue weighted by Gasteiger charge is 2.17. The summed E-state index contributed by atoms with van der Waals surface area (Å²) in [6, 6.07) is 15.6. The number of pyridine rings is 2. The van der Waals surface area contributed by atoms with Crippen molar-refractivity contribution in [1.82, 2.24) is 24.1 Å². The Bertz CT molecular complexity index is 1490. The minimum absolute atomic E-state index is 0.0608. The molecule has 1 aromatic carbocycles. The normalized spacial score (nSPS) is 11.6. The summed E-state index contributed by atoms with van der Waals surface area (Å²) in [5.74, 6) is -0.234. The van der Waals surface area contributed by atoms with Crippen molar-refractivity contribution < 1.29 is 4.79 Å². The molecule has 0 saturated heterocycles. The summed E-state index contributed by atoms with van der Waals surface area (Å²) in [5.41, 5.74) is 6.87. The molecule has 0 fully saturated rings. The molecule has 0 spiro atoms. The third kappa shape index (κ3) is 4.08. The Morgan fingerprint density at radius 3 is 2.62 bits per heavy atom. The van der Waals surface area contributed by atoms with Crippen molar-refractivity contribution in [3.8, 4) is 16.9 Å². The Labute approximate surface area is 198 Å². The number of nitrogens with one attached hydrogen (secondary N) is 1. The molecular formula is C27H26N6O. The summed E-state index contributed by atoms with van der Waals surface area (Å²) in [5, 5.41) is 7.68. The molecule has 5 aromatic rings. The van der Waals surface area contributed by atoms with Crippen molar-refractivity contribution in [2.75, 3.05) is 5.32 Å². The van der Waals surface area contributed by atoms with E-state index in [-0.39, 0.29) is 11.3 Å². The SMILES string of the molecule is Cc1ccc(NC(=O)c2cc(C(C)(C)C)ccn2)cc1-n1ccn2nc(-c3cccnc3)cc12. The second kappa shape index (κ2) is 8.26. The standard InChI is InChI=1S/C27H26N6O/c1-18-7-8-21(30-26(34)23-14-20(9-11-29-23)27(2,3)4)15-24(18)32-12-13-33-25(32)16-22(31-33)19-6-5-10-28-17-19/h5-17H,1-4H3,(H,30,34). The number of carbonyl (C=O) groups excluding carboxylic acids is 1. The van der Waals surface area contributed by atoms with Crippen molar-refractivity contribution in [2.24, 2.45) is 0 Å². The topological polar surface area (TPSA) is 77.1 Å². The first-order valence-electron chi connectivity index (χ1n) is 11.2. The van der Waals surface area contributed by atoms with Crippen LogP contribution in [0, 0.1) is 6.92 Å². The zero-order valence-electron chi connectivity index (χ0n) is 19.6. The maximum atomic E-state index is 12.9. The van der Waals surface area contributed by atoms with Gasteiger partial charge in [0.1, 0.15) is 11.3 Å². The Kier molecular flexibility index (Phi) is 5.24. The lowest BCUT2D eigenvalue weighted by Crippen LogP contribution is -2.17. The van der Waals surface area contributed by atoms with Gasteiger partial charge in [0.05, 0.1) is 11.4 Å². The van der Waals surface area contributed by atoms with Crippen LogP contribution in [0.15, 0.2) is 79.5 Å². The van der Waals surface area contributed by atoms with Gasteiger partial charge in [0.2, 0.25) is 0 Å². The number of amides is 1. The monoisotopic (exact) mass is 450 g/mol. The van der Waals surface area contributed by atoms with Crippen LogP contribution in [0.5, 0.6) is 0 Å². The number of carbonyl (C=O) groups is 1. The molecular weight excluding hydrogens is 424 g/mol. The van der Waals surface area contributed by atoms with Crippen molar-refractivity contribution in [3.05, 3.63) is 96.3 Å². The lowest BCUT2D eigenvalue weighted by atomic mass is 9.87. The van der Waals surface area contributed by atoms with Crippen LogP contribution in [-0.2, 0) is 5.41 Å². The van der Waals surface area contributed by atoms with Gasteiger partial charge in [0.25, 0.3) is 5.91 Å². The highest BCUT2D eigenvalue weighted by Crippen LogP contribution is 2.26. The fraction of sp³-hybridized carbons (Fsp3) is 0.185. The van der Waals surface area contributed by atoms with Gasteiger partial charge >= 0.3 is 0 Å². The van der Waals surface area contributed by atoms with Crippen LogP contribution in [0.25, 0.3) is 22.6 Å². The number of aryl methyl sites for hydroxylation is 1. The minimum Gasteiger partial charge on any atom is -0.321 e. The third-order valence-corrected chi connectivity index (χ3v) is 5.86. The molecule has 1 N–H and O–H groups in total. The van der Waals surface area contributed by atoms with Gasteiger partial charge in [-0.25, -0.2) is 4.52 Å². The fourth-order valence-corrected chi connectivity index (χ4v) is 3.90. The summed E-state index contributed by atoms with van der Waals surface area (Å²) in [4.78, 5) is 21.4. The van der Waals surface area contributed by atoms with Crippen LogP contribution in [0.1, 0.15) is 42.4 Å². The second-order valence-electron chi connectivity index (χ2n) is 9.38.